The number of carbonyl (C=O) groups is 3. The maximum Gasteiger partial charge on any atom is 0.327 e. The van der Waals surface area contributed by atoms with Gasteiger partial charge in [-0.1, -0.05) is 15.9 Å². The Morgan fingerprint density at radius 3 is 2.65 bits per heavy atom. The van der Waals surface area contributed by atoms with Gasteiger partial charge in [-0.15, -0.1) is 11.3 Å². The number of thiazole rings is 1. The third kappa shape index (κ3) is 3.08. The monoisotopic (exact) mass is 456 g/mol. The summed E-state index contributed by atoms with van der Waals surface area (Å²) in [6, 6.07) is 3.39. The van der Waals surface area contributed by atoms with E-state index < -0.39 is 36.2 Å². The van der Waals surface area contributed by atoms with Gasteiger partial charge in [0.2, 0.25) is 5.88 Å². The van der Waals surface area contributed by atoms with Gasteiger partial charge >= 0.3 is 11.9 Å². The predicted octanol–water partition coefficient (Wildman–Crippen LogP) is 1.21. The van der Waals surface area contributed by atoms with E-state index in [2.05, 4.69) is 20.9 Å². The lowest BCUT2D eigenvalue weighted by atomic mass is 10.1. The summed E-state index contributed by atoms with van der Waals surface area (Å²) in [5.41, 5.74) is 0.0908. The van der Waals surface area contributed by atoms with Crippen LogP contribution in [0, 0.1) is 3.95 Å². The summed E-state index contributed by atoms with van der Waals surface area (Å²) in [5, 5.41) is 29.7. The Balaban J connectivity index is 2.27. The molecular formula is C15H9BrN2O6S2. The van der Waals surface area contributed by atoms with Crippen molar-refractivity contribution in [2.24, 2.45) is 4.99 Å². The summed E-state index contributed by atoms with van der Waals surface area (Å²) < 4.78 is 1.47. The number of amides is 1. The number of hydrogen-bond acceptors (Lipinski definition) is 6. The number of benzene rings is 1. The molecule has 2 heterocycles. The quantitative estimate of drug-likeness (QED) is 0.576. The molecule has 134 valence electrons. The molecule has 11 heteroatoms. The third-order valence-corrected chi connectivity index (χ3v) is 5.57. The van der Waals surface area contributed by atoms with Crippen molar-refractivity contribution in [2.75, 3.05) is 0 Å². The van der Waals surface area contributed by atoms with Gasteiger partial charge in [0.15, 0.2) is 3.95 Å². The molecule has 1 atom stereocenters. The molecular weight excluding hydrogens is 448 g/mol. The summed E-state index contributed by atoms with van der Waals surface area (Å²) in [6.45, 7) is 0. The van der Waals surface area contributed by atoms with Crippen molar-refractivity contribution in [1.82, 2.24) is 4.57 Å². The van der Waals surface area contributed by atoms with Crippen LogP contribution >= 0.6 is 39.5 Å². The van der Waals surface area contributed by atoms with E-state index in [0.29, 0.717) is 15.0 Å². The second kappa shape index (κ2) is 6.74. The van der Waals surface area contributed by atoms with Crippen LogP contribution in [0.25, 0.3) is 5.57 Å². The number of fused-ring (bicyclic) bond motifs is 1. The molecule has 0 saturated heterocycles. The number of carboxylic acids is 2. The van der Waals surface area contributed by atoms with E-state index in [1.807, 2.05) is 0 Å². The van der Waals surface area contributed by atoms with Crippen LogP contribution in [-0.2, 0) is 14.4 Å². The average Bonchev–Trinajstić information content (AvgIpc) is 3.00. The van der Waals surface area contributed by atoms with Crippen LogP contribution in [0.15, 0.2) is 27.7 Å². The first-order valence-electron chi connectivity index (χ1n) is 7.03. The van der Waals surface area contributed by atoms with Crippen LogP contribution < -0.4 is 10.6 Å². The Morgan fingerprint density at radius 2 is 2.04 bits per heavy atom. The number of aromatic hydroxyl groups is 1. The summed E-state index contributed by atoms with van der Waals surface area (Å²) in [5.74, 6) is -3.99. The summed E-state index contributed by atoms with van der Waals surface area (Å²) in [7, 11) is 0. The highest BCUT2D eigenvalue weighted by molar-refractivity contribution is 9.10. The highest BCUT2D eigenvalue weighted by Gasteiger charge is 2.31. The number of carbonyl (C=O) groups excluding carboxylic acids is 1. The van der Waals surface area contributed by atoms with Crippen molar-refractivity contribution >= 4 is 62.9 Å². The maximum absolute atomic E-state index is 12.3. The Morgan fingerprint density at radius 1 is 1.35 bits per heavy atom. The lowest BCUT2D eigenvalue weighted by Crippen LogP contribution is -2.23. The van der Waals surface area contributed by atoms with Crippen LogP contribution in [0.4, 0.5) is 0 Å². The van der Waals surface area contributed by atoms with Gasteiger partial charge in [-0.2, -0.15) is 0 Å². The Kier molecular flexibility index (Phi) is 4.78. The number of hydrogen-bond donors (Lipinski definition) is 3. The molecule has 0 aliphatic carbocycles. The summed E-state index contributed by atoms with van der Waals surface area (Å²) in [4.78, 5) is 38.7. The first kappa shape index (κ1) is 18.4. The molecule has 0 spiro atoms. The molecule has 0 fully saturated rings. The number of aliphatic carboxylic acids is 2. The van der Waals surface area contributed by atoms with Crippen molar-refractivity contribution in [2.45, 2.75) is 12.5 Å². The maximum atomic E-state index is 12.3. The van der Waals surface area contributed by atoms with E-state index in [1.165, 1.54) is 0 Å². The molecule has 3 rings (SSSR count). The van der Waals surface area contributed by atoms with E-state index in [1.54, 1.807) is 18.2 Å². The van der Waals surface area contributed by atoms with Crippen molar-refractivity contribution in [3.8, 4) is 5.88 Å². The predicted molar refractivity (Wildman–Crippen MR) is 96.2 cm³/mol. The second-order valence-corrected chi connectivity index (χ2v) is 7.86. The average molecular weight is 457 g/mol. The molecule has 8 nitrogen and oxygen atoms in total. The van der Waals surface area contributed by atoms with E-state index in [0.717, 1.165) is 15.9 Å². The zero-order valence-electron chi connectivity index (χ0n) is 12.7. The molecule has 1 amide bonds. The van der Waals surface area contributed by atoms with Crippen LogP contribution in [0.1, 0.15) is 17.3 Å². The summed E-state index contributed by atoms with van der Waals surface area (Å²) in [6.07, 6.45) is -0.775. The van der Waals surface area contributed by atoms with Crippen LogP contribution in [0.2, 0.25) is 0 Å². The molecule has 1 aromatic carbocycles. The lowest BCUT2D eigenvalue weighted by Gasteiger charge is -2.13. The molecule has 1 aliphatic rings. The Bertz CT molecular complexity index is 1150. The van der Waals surface area contributed by atoms with E-state index in [4.69, 9.17) is 17.3 Å². The van der Waals surface area contributed by atoms with Crippen LogP contribution in [0.3, 0.4) is 0 Å². The third-order valence-electron chi connectivity index (χ3n) is 3.67. The fourth-order valence-corrected chi connectivity index (χ4v) is 4.38. The van der Waals surface area contributed by atoms with Gasteiger partial charge in [0, 0.05) is 9.69 Å². The lowest BCUT2D eigenvalue weighted by molar-refractivity contribution is -0.147. The van der Waals surface area contributed by atoms with Gasteiger partial charge in [0.05, 0.1) is 17.4 Å². The van der Waals surface area contributed by atoms with Gasteiger partial charge in [0.1, 0.15) is 10.9 Å². The van der Waals surface area contributed by atoms with E-state index in [9.17, 15) is 24.6 Å². The molecule has 0 unspecified atom stereocenters. The first-order chi connectivity index (χ1) is 12.2. The van der Waals surface area contributed by atoms with Crippen LogP contribution in [0.5, 0.6) is 5.88 Å². The smallest absolute Gasteiger partial charge is 0.327 e. The van der Waals surface area contributed by atoms with Crippen molar-refractivity contribution in [3.05, 3.63) is 42.1 Å². The van der Waals surface area contributed by atoms with Crippen molar-refractivity contribution in [1.29, 1.82) is 0 Å². The normalized spacial score (nSPS) is 14.0. The number of halogens is 1. The Labute approximate surface area is 162 Å². The zero-order valence-corrected chi connectivity index (χ0v) is 15.9. The second-order valence-electron chi connectivity index (χ2n) is 5.30. The fourth-order valence-electron chi connectivity index (χ4n) is 2.58. The van der Waals surface area contributed by atoms with Gasteiger partial charge in [0.25, 0.3) is 5.91 Å². The Hall–Kier alpha value is -2.37. The van der Waals surface area contributed by atoms with Gasteiger partial charge < -0.3 is 15.3 Å². The van der Waals surface area contributed by atoms with Gasteiger partial charge in [-0.3, -0.25) is 14.2 Å². The SMILES string of the molecule is O=C(O)C[C@@H](C(=O)O)n1c(O)c(C2=c3cc(Br)ccc3=NC2=O)sc1=S. The molecule has 0 radical (unpaired) electrons. The molecule has 0 saturated carbocycles. The first-order valence-corrected chi connectivity index (χ1v) is 9.04. The highest BCUT2D eigenvalue weighted by atomic mass is 79.9. The zero-order chi connectivity index (χ0) is 19.2. The minimum Gasteiger partial charge on any atom is -0.493 e. The minimum atomic E-state index is -1.60. The van der Waals surface area contributed by atoms with E-state index in [-0.39, 0.29) is 14.4 Å². The van der Waals surface area contributed by atoms with Crippen molar-refractivity contribution in [3.63, 3.8) is 0 Å². The summed E-state index contributed by atoms with van der Waals surface area (Å²) >= 11 is 9.23. The van der Waals surface area contributed by atoms with Crippen LogP contribution in [-0.4, -0.2) is 37.7 Å². The molecule has 2 aromatic rings. The minimum absolute atomic E-state index is 0.0530. The fraction of sp³-hybridized carbons (Fsp3) is 0.133. The highest BCUT2D eigenvalue weighted by Crippen LogP contribution is 2.36. The molecule has 26 heavy (non-hydrogen) atoms. The standard InChI is InChI=1S/C15H9BrN2O6S2/c16-5-1-2-7-6(3-5)10(12(21)17-7)11-13(22)18(15(25)26-11)8(14(23)24)4-9(19)20/h1-3,8,22H,4H2,(H,19,20)(H,23,24)/t8-/m0/s1. The van der Waals surface area contributed by atoms with Gasteiger partial charge in [-0.25, -0.2) is 9.79 Å². The topological polar surface area (TPSA) is 129 Å². The molecule has 0 bridgehead atoms. The number of rotatable bonds is 5. The number of nitrogens with zero attached hydrogens (tertiary/aromatic N) is 2. The molecule has 1 aliphatic heterocycles. The molecule has 3 N–H and O–H groups in total. The van der Waals surface area contributed by atoms with Crippen molar-refractivity contribution < 1.29 is 29.7 Å². The number of carboxylic acid groups (broad SMARTS) is 2. The van der Waals surface area contributed by atoms with Gasteiger partial charge in [-0.05, 0) is 30.4 Å². The number of aromatic nitrogens is 1. The molecule has 1 aromatic heterocycles. The largest absolute Gasteiger partial charge is 0.493 e. The van der Waals surface area contributed by atoms with E-state index >= 15 is 0 Å².